The third-order valence-electron chi connectivity index (χ3n) is 6.35. The highest BCUT2D eigenvalue weighted by molar-refractivity contribution is 8.27. The Balaban J connectivity index is 0.000000635. The van der Waals surface area contributed by atoms with Crippen LogP contribution in [0.5, 0.6) is 0 Å². The predicted molar refractivity (Wildman–Crippen MR) is 169 cm³/mol. The third-order valence-corrected chi connectivity index (χ3v) is 16.9. The minimum atomic E-state index is -6.69. The number of alkyl halides is 3. The molecule has 0 aliphatic heterocycles. The summed E-state index contributed by atoms with van der Waals surface area (Å²) in [6.07, 6.45) is 2.85. The molecular weight excluding hydrogens is 764 g/mol. The lowest BCUT2D eigenvalue weighted by atomic mass is 10.3. The fraction of sp³-hybridized carbons (Fsp3) is 0.567. The molecule has 0 aliphatic carbocycles. The number of nitrogens with zero attached hydrogens (tertiary/aromatic N) is 2. The fourth-order valence-electron chi connectivity index (χ4n) is 3.84. The van der Waals surface area contributed by atoms with Gasteiger partial charge in [-0.25, -0.2) is 25.4 Å². The van der Waals surface area contributed by atoms with E-state index >= 15 is 0 Å². The lowest BCUT2D eigenvalue weighted by molar-refractivity contribution is -0.597. The van der Waals surface area contributed by atoms with Crippen molar-refractivity contribution in [1.29, 1.82) is 0 Å². The van der Waals surface area contributed by atoms with Crippen LogP contribution in [0.2, 0.25) is 0 Å². The van der Waals surface area contributed by atoms with Crippen molar-refractivity contribution >= 4 is 29.9 Å². The van der Waals surface area contributed by atoms with Gasteiger partial charge in [0.05, 0.1) is 3.91 Å². The zero-order valence-electron chi connectivity index (χ0n) is 26.3. The van der Waals surface area contributed by atoms with Crippen molar-refractivity contribution in [3.8, 4) is 0 Å². The van der Waals surface area contributed by atoms with Crippen LogP contribution in [0, 0.1) is 11.1 Å². The van der Waals surface area contributed by atoms with Crippen LogP contribution in [0.1, 0.15) is 79.1 Å². The van der Waals surface area contributed by atoms with Crippen molar-refractivity contribution in [3.05, 3.63) is 71.7 Å². The predicted octanol–water partition coefficient (Wildman–Crippen LogP) is 3.65. The van der Waals surface area contributed by atoms with Crippen molar-refractivity contribution in [1.82, 2.24) is 8.61 Å². The van der Waals surface area contributed by atoms with E-state index in [4.69, 9.17) is 0 Å². The van der Waals surface area contributed by atoms with Gasteiger partial charge in [-0.1, -0.05) is 89.8 Å². The maximum Gasteiger partial charge on any atom is 0.470 e. The second kappa shape index (κ2) is 20.2. The lowest BCUT2D eigenvalue weighted by Crippen LogP contribution is -3.61. The number of hydrogen-bond donors (Lipinski definition) is 0. The number of halogens is 4. The second-order valence-corrected chi connectivity index (χ2v) is 19.5. The van der Waals surface area contributed by atoms with Crippen LogP contribution >= 0.6 is 0 Å². The van der Waals surface area contributed by atoms with Crippen molar-refractivity contribution in [2.24, 2.45) is 0 Å². The summed E-state index contributed by atoms with van der Waals surface area (Å²) in [6, 6.07) is 21.4. The van der Waals surface area contributed by atoms with Crippen LogP contribution in [-0.4, -0.2) is 65.6 Å². The molecule has 0 N–H and O–H groups in total. The van der Waals surface area contributed by atoms with Gasteiger partial charge in [-0.3, -0.25) is 8.42 Å². The monoisotopic (exact) mass is 810 g/mol. The number of sulfone groups is 1. The molecule has 0 amide bonds. The first-order chi connectivity index (χ1) is 21.1. The smallest absolute Gasteiger partial charge is 0.251 e. The van der Waals surface area contributed by atoms with Crippen molar-refractivity contribution in [2.45, 2.75) is 84.6 Å². The molecule has 2 aromatic carbocycles. The molecule has 0 fully saturated rings. The van der Waals surface area contributed by atoms with Crippen LogP contribution in [0.4, 0.5) is 13.2 Å². The molecular formula is C30H46F3IN2O6S3. The number of rotatable bonds is 19. The summed E-state index contributed by atoms with van der Waals surface area (Å²) < 4.78 is 120. The molecule has 0 unspecified atom stereocenters. The third kappa shape index (κ3) is 13.0. The first kappa shape index (κ1) is 41.8. The Morgan fingerprint density at radius 1 is 0.578 bits per heavy atom. The Labute approximate surface area is 279 Å². The molecule has 8 nitrogen and oxygen atoms in total. The number of unbranched alkanes of at least 4 members (excludes halogenated alkanes) is 4. The lowest BCUT2D eigenvalue weighted by Gasteiger charge is -2.39. The van der Waals surface area contributed by atoms with Gasteiger partial charge in [0.1, 0.15) is 20.0 Å². The standard InChI is InChI=1S/C18H36F3N2O6S3.C12H10I/c1-5-9-13-22(14-10-6-2)31(26,27)17(30(24,25)18(19,20)21)32(28,29)23(15-11-7-3)16-12-8-4;1-3-7-11(8-4-1)13-12-9-5-2-6-10-12/h5-16H2,1-4H3;1-10H/q-1;+1. The highest BCUT2D eigenvalue weighted by Crippen LogP contribution is 2.40. The summed E-state index contributed by atoms with van der Waals surface area (Å²) in [4.78, 5) is 0. The van der Waals surface area contributed by atoms with Crippen molar-refractivity contribution in [3.63, 3.8) is 0 Å². The summed E-state index contributed by atoms with van der Waals surface area (Å²) in [5.41, 5.74) is -6.09. The summed E-state index contributed by atoms with van der Waals surface area (Å²) in [5.74, 6) is 0. The maximum absolute atomic E-state index is 13.5. The van der Waals surface area contributed by atoms with Gasteiger partial charge in [-0.15, -0.1) is 0 Å². The first-order valence-electron chi connectivity index (χ1n) is 15.0. The Kier molecular flexibility index (Phi) is 18.7. The molecule has 0 spiro atoms. The Morgan fingerprint density at radius 3 is 1.11 bits per heavy atom. The second-order valence-electron chi connectivity index (χ2n) is 10.1. The SMILES string of the molecule is CCCCN(CCCC)S(=O)(=O)[C-](S(=O)(=O)N(CCCC)CCCC)S(=O)(=O)C(F)(F)F.c1ccc([I+]c2ccccc2)cc1. The zero-order chi connectivity index (χ0) is 34.2. The molecule has 0 saturated carbocycles. The molecule has 15 heteroatoms. The first-order valence-corrected chi connectivity index (χ1v) is 21.6. The molecule has 2 rings (SSSR count). The van der Waals surface area contributed by atoms with Crippen LogP contribution < -0.4 is 21.2 Å². The fourth-order valence-corrected chi connectivity index (χ4v) is 13.3. The molecule has 45 heavy (non-hydrogen) atoms. The number of hydrogen-bond acceptors (Lipinski definition) is 6. The average molecular weight is 811 g/mol. The molecule has 258 valence electrons. The van der Waals surface area contributed by atoms with E-state index in [0.29, 0.717) is 34.3 Å². The molecule has 0 aromatic heterocycles. The average Bonchev–Trinajstić information content (AvgIpc) is 2.97. The van der Waals surface area contributed by atoms with Gasteiger partial charge in [0.15, 0.2) is 17.0 Å². The minimum absolute atomic E-state index is 0.0287. The molecule has 0 atom stereocenters. The van der Waals surface area contributed by atoms with Gasteiger partial charge in [0, 0.05) is 26.2 Å². The van der Waals surface area contributed by atoms with E-state index in [2.05, 4.69) is 60.7 Å². The van der Waals surface area contributed by atoms with Crippen molar-refractivity contribution in [2.75, 3.05) is 26.2 Å². The quantitative estimate of drug-likeness (QED) is 0.159. The van der Waals surface area contributed by atoms with E-state index in [1.54, 1.807) is 27.7 Å². The normalized spacial score (nSPS) is 12.8. The maximum atomic E-state index is 13.5. The van der Waals surface area contributed by atoms with E-state index < -0.39 is 39.3 Å². The Hall–Kier alpha value is -1.27. The van der Waals surface area contributed by atoms with Gasteiger partial charge < -0.3 is 0 Å². The molecule has 0 radical (unpaired) electrons. The molecule has 0 saturated heterocycles. The summed E-state index contributed by atoms with van der Waals surface area (Å²) in [5, 5.41) is 0. The van der Waals surface area contributed by atoms with E-state index in [-0.39, 0.29) is 73.1 Å². The highest BCUT2D eigenvalue weighted by Gasteiger charge is 2.53. The largest absolute Gasteiger partial charge is 0.470 e. The van der Waals surface area contributed by atoms with E-state index in [1.807, 2.05) is 0 Å². The summed E-state index contributed by atoms with van der Waals surface area (Å²) >= 11 is 0.0287. The van der Waals surface area contributed by atoms with Crippen LogP contribution in [-0.2, 0) is 29.9 Å². The highest BCUT2D eigenvalue weighted by atomic mass is 127. The van der Waals surface area contributed by atoms with Gasteiger partial charge in [-0.2, -0.15) is 13.2 Å². The molecule has 0 heterocycles. The molecule has 2 aromatic rings. The molecule has 0 bridgehead atoms. The summed E-state index contributed by atoms with van der Waals surface area (Å²) in [6.45, 7) is 5.74. The molecule has 0 aliphatic rings. The summed E-state index contributed by atoms with van der Waals surface area (Å²) in [7, 11) is -17.7. The van der Waals surface area contributed by atoms with Gasteiger partial charge >= 0.3 is 26.7 Å². The Morgan fingerprint density at radius 2 is 0.867 bits per heavy atom. The Bertz CT molecular complexity index is 1320. The number of benzene rings is 2. The zero-order valence-corrected chi connectivity index (χ0v) is 30.9. The van der Waals surface area contributed by atoms with Gasteiger partial charge in [0.2, 0.25) is 0 Å². The van der Waals surface area contributed by atoms with Gasteiger partial charge in [0.25, 0.3) is 0 Å². The van der Waals surface area contributed by atoms with Gasteiger partial charge in [-0.05, 0) is 49.9 Å². The van der Waals surface area contributed by atoms with E-state index in [0.717, 1.165) is 0 Å². The van der Waals surface area contributed by atoms with Crippen LogP contribution in [0.25, 0.3) is 0 Å². The van der Waals surface area contributed by atoms with Crippen molar-refractivity contribution < 1.29 is 59.6 Å². The topological polar surface area (TPSA) is 109 Å². The minimum Gasteiger partial charge on any atom is -0.251 e. The number of sulfonamides is 2. The van der Waals surface area contributed by atoms with E-state index in [9.17, 15) is 38.4 Å². The van der Waals surface area contributed by atoms with Crippen LogP contribution in [0.3, 0.4) is 0 Å². The van der Waals surface area contributed by atoms with Crippen LogP contribution in [0.15, 0.2) is 60.7 Å². The van der Waals surface area contributed by atoms with E-state index in [1.165, 1.54) is 7.14 Å².